The van der Waals surface area contributed by atoms with Crippen molar-refractivity contribution in [2.75, 3.05) is 13.1 Å². The second kappa shape index (κ2) is 5.54. The fourth-order valence-electron chi connectivity index (χ4n) is 2.06. The maximum absolute atomic E-state index is 12.4. The molecular formula is C11H14Cl2N2O3S. The molecule has 1 aliphatic heterocycles. The Morgan fingerprint density at radius 1 is 1.53 bits per heavy atom. The van der Waals surface area contributed by atoms with Crippen molar-refractivity contribution in [1.29, 1.82) is 0 Å². The zero-order valence-corrected chi connectivity index (χ0v) is 12.6. The Kier molecular flexibility index (Phi) is 4.37. The van der Waals surface area contributed by atoms with Crippen molar-refractivity contribution >= 4 is 33.2 Å². The summed E-state index contributed by atoms with van der Waals surface area (Å²) in [6.45, 7) is 2.36. The highest BCUT2D eigenvalue weighted by atomic mass is 35.5. The Bertz CT molecular complexity index is 577. The molecule has 2 atom stereocenters. The first-order chi connectivity index (χ1) is 8.82. The van der Waals surface area contributed by atoms with Crippen LogP contribution in [0.3, 0.4) is 0 Å². The molecule has 19 heavy (non-hydrogen) atoms. The van der Waals surface area contributed by atoms with Crippen LogP contribution in [-0.4, -0.2) is 42.0 Å². The molecule has 1 aliphatic rings. The van der Waals surface area contributed by atoms with Crippen LogP contribution in [0.25, 0.3) is 0 Å². The molecule has 2 rings (SSSR count). The van der Waals surface area contributed by atoms with E-state index in [1.165, 1.54) is 16.6 Å². The van der Waals surface area contributed by atoms with Gasteiger partial charge in [0.1, 0.15) is 10.0 Å². The maximum Gasteiger partial charge on any atom is 0.244 e. The lowest BCUT2D eigenvalue weighted by Crippen LogP contribution is -2.30. The molecule has 0 spiro atoms. The van der Waals surface area contributed by atoms with E-state index in [1.54, 1.807) is 6.92 Å². The number of nitrogens with zero attached hydrogens (tertiary/aromatic N) is 2. The lowest BCUT2D eigenvalue weighted by atomic mass is 10.0. The highest BCUT2D eigenvalue weighted by Crippen LogP contribution is 2.28. The van der Waals surface area contributed by atoms with Gasteiger partial charge in [0.05, 0.1) is 11.1 Å². The summed E-state index contributed by atoms with van der Waals surface area (Å²) in [7, 11) is -3.63. The monoisotopic (exact) mass is 324 g/mol. The van der Waals surface area contributed by atoms with Crippen LogP contribution in [0, 0.1) is 5.92 Å². The smallest absolute Gasteiger partial charge is 0.244 e. The second-order valence-electron chi connectivity index (χ2n) is 4.60. The lowest BCUT2D eigenvalue weighted by Gasteiger charge is -2.17. The molecule has 2 heterocycles. The molecule has 1 aromatic heterocycles. The predicted molar refractivity (Wildman–Crippen MR) is 72.8 cm³/mol. The number of pyridine rings is 1. The third-order valence-corrected chi connectivity index (χ3v) is 5.80. The summed E-state index contributed by atoms with van der Waals surface area (Å²) in [6, 6.07) is 1.29. The third-order valence-electron chi connectivity index (χ3n) is 3.28. The average molecular weight is 325 g/mol. The fraction of sp³-hybridized carbons (Fsp3) is 0.545. The average Bonchev–Trinajstić information content (AvgIpc) is 2.82. The number of aromatic nitrogens is 1. The van der Waals surface area contributed by atoms with Crippen molar-refractivity contribution in [2.24, 2.45) is 5.92 Å². The Balaban J connectivity index is 2.26. The summed E-state index contributed by atoms with van der Waals surface area (Å²) in [5.41, 5.74) is 0. The Morgan fingerprint density at radius 2 is 2.21 bits per heavy atom. The Morgan fingerprint density at radius 3 is 2.74 bits per heavy atom. The molecule has 2 unspecified atom stereocenters. The van der Waals surface area contributed by atoms with Gasteiger partial charge in [-0.15, -0.1) is 0 Å². The molecule has 0 amide bonds. The van der Waals surface area contributed by atoms with Gasteiger partial charge in [0.15, 0.2) is 0 Å². The van der Waals surface area contributed by atoms with Crippen LogP contribution in [0.15, 0.2) is 17.2 Å². The van der Waals surface area contributed by atoms with E-state index in [4.69, 9.17) is 23.2 Å². The van der Waals surface area contributed by atoms with Crippen molar-refractivity contribution < 1.29 is 13.5 Å². The van der Waals surface area contributed by atoms with Crippen LogP contribution in [-0.2, 0) is 10.0 Å². The minimum absolute atomic E-state index is 0.0214. The van der Waals surface area contributed by atoms with Crippen molar-refractivity contribution in [3.05, 3.63) is 22.4 Å². The molecule has 0 radical (unpaired) electrons. The van der Waals surface area contributed by atoms with Gasteiger partial charge >= 0.3 is 0 Å². The van der Waals surface area contributed by atoms with Gasteiger partial charge in [-0.1, -0.05) is 23.2 Å². The van der Waals surface area contributed by atoms with Crippen molar-refractivity contribution in [1.82, 2.24) is 9.29 Å². The highest BCUT2D eigenvalue weighted by Gasteiger charge is 2.34. The first kappa shape index (κ1) is 15.0. The summed E-state index contributed by atoms with van der Waals surface area (Å²) in [4.78, 5) is 3.77. The van der Waals surface area contributed by atoms with E-state index in [1.807, 2.05) is 0 Å². The number of halogens is 2. The van der Waals surface area contributed by atoms with Gasteiger partial charge in [0, 0.05) is 19.3 Å². The standard InChI is InChI=1S/C11H14Cl2N2O3S/c1-7(16)8-2-3-15(6-8)19(17,18)9-4-10(12)11(13)14-5-9/h4-5,7-8,16H,2-3,6H2,1H3. The van der Waals surface area contributed by atoms with Gasteiger partial charge in [0.2, 0.25) is 10.0 Å². The van der Waals surface area contributed by atoms with Crippen LogP contribution in [0.1, 0.15) is 13.3 Å². The Labute approximate surface area is 122 Å². The SMILES string of the molecule is CC(O)C1CCN(S(=O)(=O)c2cnc(Cl)c(Cl)c2)C1. The zero-order valence-electron chi connectivity index (χ0n) is 10.3. The highest BCUT2D eigenvalue weighted by molar-refractivity contribution is 7.89. The molecule has 0 aromatic carbocycles. The molecule has 1 fully saturated rings. The number of aliphatic hydroxyl groups is 1. The van der Waals surface area contributed by atoms with Gasteiger partial charge in [-0.25, -0.2) is 13.4 Å². The minimum atomic E-state index is -3.63. The van der Waals surface area contributed by atoms with Crippen molar-refractivity contribution in [3.63, 3.8) is 0 Å². The van der Waals surface area contributed by atoms with Crippen LogP contribution >= 0.6 is 23.2 Å². The molecular weight excluding hydrogens is 311 g/mol. The molecule has 0 saturated carbocycles. The topological polar surface area (TPSA) is 70.5 Å². The maximum atomic E-state index is 12.4. The molecule has 0 bridgehead atoms. The zero-order chi connectivity index (χ0) is 14.2. The van der Waals surface area contributed by atoms with Crippen molar-refractivity contribution in [3.8, 4) is 0 Å². The van der Waals surface area contributed by atoms with Crippen LogP contribution in [0.5, 0.6) is 0 Å². The largest absolute Gasteiger partial charge is 0.393 e. The van der Waals surface area contributed by atoms with Crippen LogP contribution in [0.2, 0.25) is 10.2 Å². The normalized spacial score (nSPS) is 22.6. The van der Waals surface area contributed by atoms with E-state index < -0.39 is 16.1 Å². The van der Waals surface area contributed by atoms with E-state index in [9.17, 15) is 13.5 Å². The molecule has 0 aliphatic carbocycles. The summed E-state index contributed by atoms with van der Waals surface area (Å²) in [5.74, 6) is -0.0366. The summed E-state index contributed by atoms with van der Waals surface area (Å²) >= 11 is 11.5. The van der Waals surface area contributed by atoms with E-state index in [2.05, 4.69) is 4.98 Å². The van der Waals surface area contributed by atoms with E-state index >= 15 is 0 Å². The van der Waals surface area contributed by atoms with Crippen molar-refractivity contribution in [2.45, 2.75) is 24.3 Å². The van der Waals surface area contributed by atoms with Crippen LogP contribution in [0.4, 0.5) is 0 Å². The van der Waals surface area contributed by atoms with E-state index in [-0.39, 0.29) is 21.0 Å². The molecule has 8 heteroatoms. The van der Waals surface area contributed by atoms with Crippen LogP contribution < -0.4 is 0 Å². The fourth-order valence-corrected chi connectivity index (χ4v) is 3.88. The summed E-state index contributed by atoms with van der Waals surface area (Å²) < 4.78 is 26.1. The van der Waals surface area contributed by atoms with Gasteiger partial charge in [-0.2, -0.15) is 4.31 Å². The predicted octanol–water partition coefficient (Wildman–Crippen LogP) is 1.78. The van der Waals surface area contributed by atoms with E-state index in [0.717, 1.165) is 0 Å². The van der Waals surface area contributed by atoms with Gasteiger partial charge in [0.25, 0.3) is 0 Å². The van der Waals surface area contributed by atoms with E-state index in [0.29, 0.717) is 19.5 Å². The van der Waals surface area contributed by atoms with Gasteiger partial charge in [-0.05, 0) is 25.3 Å². The van der Waals surface area contributed by atoms with Gasteiger partial charge in [-0.3, -0.25) is 0 Å². The molecule has 1 aromatic rings. The molecule has 1 saturated heterocycles. The molecule has 106 valence electrons. The lowest BCUT2D eigenvalue weighted by molar-refractivity contribution is 0.133. The number of aliphatic hydroxyl groups excluding tert-OH is 1. The second-order valence-corrected chi connectivity index (χ2v) is 7.30. The first-order valence-corrected chi connectivity index (χ1v) is 8.01. The van der Waals surface area contributed by atoms with Gasteiger partial charge < -0.3 is 5.11 Å². The molecule has 5 nitrogen and oxygen atoms in total. The number of hydrogen-bond donors (Lipinski definition) is 1. The number of sulfonamides is 1. The Hall–Kier alpha value is -0.400. The quantitative estimate of drug-likeness (QED) is 0.860. The first-order valence-electron chi connectivity index (χ1n) is 5.81. The minimum Gasteiger partial charge on any atom is -0.393 e. The third kappa shape index (κ3) is 3.03. The summed E-state index contributed by atoms with van der Waals surface area (Å²) in [5, 5.41) is 9.69. The number of hydrogen-bond acceptors (Lipinski definition) is 4. The summed E-state index contributed by atoms with van der Waals surface area (Å²) in [6.07, 6.45) is 1.32. The molecule has 1 N–H and O–H groups in total. The number of rotatable bonds is 3.